The largest absolute Gasteiger partial charge is 0.481 e. The highest BCUT2D eigenvalue weighted by Gasteiger charge is 2.27. The lowest BCUT2D eigenvalue weighted by atomic mass is 9.80. The second kappa shape index (κ2) is 4.45. The van der Waals surface area contributed by atoms with Crippen LogP contribution in [0.5, 0.6) is 0 Å². The molecule has 3 heteroatoms. The Kier molecular flexibility index (Phi) is 3.53. The highest BCUT2D eigenvalue weighted by Crippen LogP contribution is 2.29. The maximum Gasteiger partial charge on any atom is 0.308 e. The molecule has 0 aromatic carbocycles. The number of hydrogen-bond donors (Lipinski definition) is 2. The molecule has 0 radical (unpaired) electrons. The van der Waals surface area contributed by atoms with Gasteiger partial charge in [-0.3, -0.25) is 4.79 Å². The minimum Gasteiger partial charge on any atom is -0.481 e. The summed E-state index contributed by atoms with van der Waals surface area (Å²) in [6, 6.07) is 0. The predicted octanol–water partition coefficient (Wildman–Crippen LogP) is 1.23. The van der Waals surface area contributed by atoms with E-state index in [0.717, 1.165) is 12.8 Å². The van der Waals surface area contributed by atoms with E-state index in [1.807, 2.05) is 0 Å². The minimum absolute atomic E-state index is 0.292. The van der Waals surface area contributed by atoms with Crippen LogP contribution in [0.25, 0.3) is 0 Å². The third-order valence-corrected chi connectivity index (χ3v) is 2.79. The molecule has 0 heterocycles. The molecule has 1 fully saturated rings. The Morgan fingerprint density at radius 3 is 2.42 bits per heavy atom. The van der Waals surface area contributed by atoms with Gasteiger partial charge in [-0.15, -0.1) is 0 Å². The first-order valence-electron chi connectivity index (χ1n) is 4.68. The van der Waals surface area contributed by atoms with Gasteiger partial charge in [0.2, 0.25) is 0 Å². The van der Waals surface area contributed by atoms with Gasteiger partial charge in [-0.05, 0) is 18.8 Å². The van der Waals surface area contributed by atoms with Gasteiger partial charge < -0.3 is 10.8 Å². The van der Waals surface area contributed by atoms with Crippen molar-refractivity contribution in [2.75, 3.05) is 6.54 Å². The third kappa shape index (κ3) is 2.21. The molecule has 0 aliphatic heterocycles. The lowest BCUT2D eigenvalue weighted by Crippen LogP contribution is -2.31. The van der Waals surface area contributed by atoms with Crippen molar-refractivity contribution in [3.05, 3.63) is 0 Å². The first-order valence-corrected chi connectivity index (χ1v) is 4.68. The average molecular weight is 171 g/mol. The van der Waals surface area contributed by atoms with Crippen molar-refractivity contribution in [2.24, 2.45) is 17.6 Å². The molecule has 0 spiro atoms. The maximum absolute atomic E-state index is 10.7. The standard InChI is InChI=1S/C9H17NO2/c10-6-8(9(11)12)7-4-2-1-3-5-7/h7-8H,1-6,10H2,(H,11,12)/t8-/m0/s1. The van der Waals surface area contributed by atoms with Crippen molar-refractivity contribution in [3.63, 3.8) is 0 Å². The summed E-state index contributed by atoms with van der Waals surface area (Å²) in [5, 5.41) is 8.85. The van der Waals surface area contributed by atoms with Crippen LogP contribution in [-0.4, -0.2) is 17.6 Å². The highest BCUT2D eigenvalue weighted by molar-refractivity contribution is 5.70. The number of carboxylic acids is 1. The second-order valence-corrected chi connectivity index (χ2v) is 3.58. The molecule has 1 saturated carbocycles. The summed E-state index contributed by atoms with van der Waals surface area (Å²) in [6.07, 6.45) is 5.71. The van der Waals surface area contributed by atoms with Crippen LogP contribution in [0.4, 0.5) is 0 Å². The minimum atomic E-state index is -0.718. The zero-order valence-corrected chi connectivity index (χ0v) is 7.33. The number of carboxylic acid groups (broad SMARTS) is 1. The van der Waals surface area contributed by atoms with E-state index >= 15 is 0 Å². The number of nitrogens with two attached hydrogens (primary N) is 1. The molecule has 3 N–H and O–H groups in total. The summed E-state index contributed by atoms with van der Waals surface area (Å²) in [6.45, 7) is 0.292. The van der Waals surface area contributed by atoms with Gasteiger partial charge in [0, 0.05) is 6.54 Å². The Labute approximate surface area is 72.9 Å². The first kappa shape index (κ1) is 9.52. The van der Waals surface area contributed by atoms with Crippen LogP contribution in [-0.2, 0) is 4.79 Å². The normalized spacial score (nSPS) is 22.1. The van der Waals surface area contributed by atoms with Crippen LogP contribution in [0.15, 0.2) is 0 Å². The molecular formula is C9H17NO2. The molecule has 70 valence electrons. The molecule has 12 heavy (non-hydrogen) atoms. The average Bonchev–Trinajstić information content (AvgIpc) is 2.07. The van der Waals surface area contributed by atoms with E-state index in [-0.39, 0.29) is 5.92 Å². The van der Waals surface area contributed by atoms with Gasteiger partial charge in [0.1, 0.15) is 0 Å². The monoisotopic (exact) mass is 171 g/mol. The van der Waals surface area contributed by atoms with Gasteiger partial charge in [-0.2, -0.15) is 0 Å². The molecule has 0 aromatic heterocycles. The molecule has 3 nitrogen and oxygen atoms in total. The van der Waals surface area contributed by atoms with Gasteiger partial charge in [0.05, 0.1) is 5.92 Å². The Bertz CT molecular complexity index is 153. The van der Waals surface area contributed by atoms with E-state index in [4.69, 9.17) is 10.8 Å². The van der Waals surface area contributed by atoms with E-state index in [2.05, 4.69) is 0 Å². The highest BCUT2D eigenvalue weighted by atomic mass is 16.4. The van der Waals surface area contributed by atoms with Crippen molar-refractivity contribution < 1.29 is 9.90 Å². The molecule has 0 amide bonds. The summed E-state index contributed by atoms with van der Waals surface area (Å²) in [5.41, 5.74) is 5.42. The van der Waals surface area contributed by atoms with Gasteiger partial charge in [-0.1, -0.05) is 19.3 Å². The third-order valence-electron chi connectivity index (χ3n) is 2.79. The van der Waals surface area contributed by atoms with Crippen molar-refractivity contribution in [2.45, 2.75) is 32.1 Å². The van der Waals surface area contributed by atoms with Crippen LogP contribution in [0.1, 0.15) is 32.1 Å². The number of rotatable bonds is 3. The summed E-state index contributed by atoms with van der Waals surface area (Å²) in [5.74, 6) is -0.684. The van der Waals surface area contributed by atoms with Crippen molar-refractivity contribution in [3.8, 4) is 0 Å². The predicted molar refractivity (Wildman–Crippen MR) is 46.8 cm³/mol. The van der Waals surface area contributed by atoms with E-state index in [9.17, 15) is 4.79 Å². The molecular weight excluding hydrogens is 154 g/mol. The molecule has 0 saturated heterocycles. The molecule has 0 unspecified atom stereocenters. The van der Waals surface area contributed by atoms with Crippen LogP contribution < -0.4 is 5.73 Å². The van der Waals surface area contributed by atoms with Gasteiger partial charge in [-0.25, -0.2) is 0 Å². The number of hydrogen-bond acceptors (Lipinski definition) is 2. The van der Waals surface area contributed by atoms with Crippen LogP contribution in [0.3, 0.4) is 0 Å². The van der Waals surface area contributed by atoms with E-state index in [1.165, 1.54) is 19.3 Å². The van der Waals surface area contributed by atoms with Crippen molar-refractivity contribution in [1.82, 2.24) is 0 Å². The smallest absolute Gasteiger partial charge is 0.308 e. The lowest BCUT2D eigenvalue weighted by molar-refractivity contribution is -0.143. The fourth-order valence-corrected chi connectivity index (χ4v) is 2.03. The van der Waals surface area contributed by atoms with Crippen molar-refractivity contribution >= 4 is 5.97 Å². The SMILES string of the molecule is NC[C@H](C(=O)O)C1CCCCC1. The molecule has 1 atom stereocenters. The van der Waals surface area contributed by atoms with E-state index in [0.29, 0.717) is 12.5 Å². The van der Waals surface area contributed by atoms with Crippen LogP contribution in [0.2, 0.25) is 0 Å². The molecule has 1 aliphatic rings. The zero-order chi connectivity index (χ0) is 8.97. The maximum atomic E-state index is 10.7. The van der Waals surface area contributed by atoms with Gasteiger partial charge in [0.15, 0.2) is 0 Å². The van der Waals surface area contributed by atoms with E-state index in [1.54, 1.807) is 0 Å². The van der Waals surface area contributed by atoms with Crippen LogP contribution >= 0.6 is 0 Å². The summed E-state index contributed by atoms with van der Waals surface area (Å²) < 4.78 is 0. The summed E-state index contributed by atoms with van der Waals surface area (Å²) in [4.78, 5) is 10.7. The molecule has 1 aliphatic carbocycles. The summed E-state index contributed by atoms with van der Waals surface area (Å²) >= 11 is 0. The Morgan fingerprint density at radius 1 is 1.42 bits per heavy atom. The van der Waals surface area contributed by atoms with Crippen molar-refractivity contribution in [1.29, 1.82) is 0 Å². The number of carbonyl (C=O) groups is 1. The van der Waals surface area contributed by atoms with Gasteiger partial charge in [0.25, 0.3) is 0 Å². The lowest BCUT2D eigenvalue weighted by Gasteiger charge is -2.26. The van der Waals surface area contributed by atoms with Crippen LogP contribution in [0, 0.1) is 11.8 Å². The van der Waals surface area contributed by atoms with E-state index < -0.39 is 5.97 Å². The fourth-order valence-electron chi connectivity index (χ4n) is 2.03. The quantitative estimate of drug-likeness (QED) is 0.671. The molecule has 0 aromatic rings. The Hall–Kier alpha value is -0.570. The topological polar surface area (TPSA) is 63.3 Å². The summed E-state index contributed by atoms with van der Waals surface area (Å²) in [7, 11) is 0. The number of aliphatic carboxylic acids is 1. The van der Waals surface area contributed by atoms with Gasteiger partial charge >= 0.3 is 5.97 Å². The zero-order valence-electron chi connectivity index (χ0n) is 7.33. The fraction of sp³-hybridized carbons (Fsp3) is 0.889. The molecule has 0 bridgehead atoms. The second-order valence-electron chi connectivity index (χ2n) is 3.58. The molecule has 1 rings (SSSR count). The first-order chi connectivity index (χ1) is 5.75. The Morgan fingerprint density at radius 2 is 2.00 bits per heavy atom. The Balaban J connectivity index is 2.46.